The van der Waals surface area contributed by atoms with Gasteiger partial charge in [0.15, 0.2) is 0 Å². The van der Waals surface area contributed by atoms with Crippen molar-refractivity contribution in [2.24, 2.45) is 5.92 Å². The van der Waals surface area contributed by atoms with E-state index in [-0.39, 0.29) is 17.7 Å². The molecule has 21 heavy (non-hydrogen) atoms. The molecule has 0 aliphatic rings. The first kappa shape index (κ1) is 17.4. The topological polar surface area (TPSA) is 58.2 Å². The Morgan fingerprint density at radius 2 is 1.67 bits per heavy atom. The number of carbonyl (C=O) groups is 2. The summed E-state index contributed by atoms with van der Waals surface area (Å²) in [5.74, 6) is -2.95. The van der Waals surface area contributed by atoms with Gasteiger partial charge in [-0.15, -0.1) is 0 Å². The van der Waals surface area contributed by atoms with Crippen molar-refractivity contribution in [1.29, 1.82) is 0 Å². The second-order valence-corrected chi connectivity index (χ2v) is 5.67. The van der Waals surface area contributed by atoms with Gasteiger partial charge in [0, 0.05) is 29.5 Å². The SMILES string of the molecule is CC(C)C(=O)NCCNC(=O)c1ccc(SC(F)F)cc1. The van der Waals surface area contributed by atoms with Crippen LogP contribution in [-0.2, 0) is 4.79 Å². The summed E-state index contributed by atoms with van der Waals surface area (Å²) in [6, 6.07) is 5.94. The number of hydrogen-bond acceptors (Lipinski definition) is 3. The Hall–Kier alpha value is -1.63. The molecule has 0 aliphatic heterocycles. The van der Waals surface area contributed by atoms with Gasteiger partial charge in [-0.3, -0.25) is 9.59 Å². The molecular weight excluding hydrogens is 298 g/mol. The van der Waals surface area contributed by atoms with Crippen LogP contribution in [0, 0.1) is 5.92 Å². The van der Waals surface area contributed by atoms with E-state index in [1.807, 2.05) is 0 Å². The fraction of sp³-hybridized carbons (Fsp3) is 0.429. The maximum absolute atomic E-state index is 12.2. The van der Waals surface area contributed by atoms with Crippen LogP contribution >= 0.6 is 11.8 Å². The van der Waals surface area contributed by atoms with Crippen molar-refractivity contribution >= 4 is 23.6 Å². The summed E-state index contributed by atoms with van der Waals surface area (Å²) in [6.45, 7) is 4.23. The molecule has 0 atom stereocenters. The molecule has 1 aromatic carbocycles. The van der Waals surface area contributed by atoms with E-state index in [1.54, 1.807) is 13.8 Å². The largest absolute Gasteiger partial charge is 0.354 e. The summed E-state index contributed by atoms with van der Waals surface area (Å²) >= 11 is 0.434. The van der Waals surface area contributed by atoms with Gasteiger partial charge in [-0.25, -0.2) is 0 Å². The summed E-state index contributed by atoms with van der Waals surface area (Å²) in [7, 11) is 0. The Balaban J connectivity index is 2.37. The van der Waals surface area contributed by atoms with Crippen molar-refractivity contribution < 1.29 is 18.4 Å². The van der Waals surface area contributed by atoms with Gasteiger partial charge in [0.1, 0.15) is 0 Å². The highest BCUT2D eigenvalue weighted by molar-refractivity contribution is 7.99. The highest BCUT2D eigenvalue weighted by Gasteiger charge is 2.09. The number of thioether (sulfide) groups is 1. The summed E-state index contributed by atoms with van der Waals surface area (Å²) in [5, 5.41) is 5.32. The van der Waals surface area contributed by atoms with Crippen molar-refractivity contribution in [2.45, 2.75) is 24.5 Å². The fourth-order valence-electron chi connectivity index (χ4n) is 1.46. The van der Waals surface area contributed by atoms with Crippen molar-refractivity contribution in [3.63, 3.8) is 0 Å². The van der Waals surface area contributed by atoms with Gasteiger partial charge in [-0.05, 0) is 24.3 Å². The normalized spacial score (nSPS) is 10.8. The number of rotatable bonds is 7. The number of nitrogens with one attached hydrogen (secondary N) is 2. The van der Waals surface area contributed by atoms with Crippen molar-refractivity contribution in [3.05, 3.63) is 29.8 Å². The highest BCUT2D eigenvalue weighted by Crippen LogP contribution is 2.24. The first-order chi connectivity index (χ1) is 9.90. The molecule has 0 bridgehead atoms. The lowest BCUT2D eigenvalue weighted by molar-refractivity contribution is -0.123. The molecule has 0 aromatic heterocycles. The number of carbonyl (C=O) groups excluding carboxylic acids is 2. The standard InChI is InChI=1S/C14H18F2N2O2S/c1-9(2)12(19)17-7-8-18-13(20)10-3-5-11(6-4-10)21-14(15)16/h3-6,9,14H,7-8H2,1-2H3,(H,17,19)(H,18,20). The summed E-state index contributed by atoms with van der Waals surface area (Å²) in [6.07, 6.45) is 0. The predicted octanol–water partition coefficient (Wildman–Crippen LogP) is 2.50. The van der Waals surface area contributed by atoms with Crippen molar-refractivity contribution in [3.8, 4) is 0 Å². The van der Waals surface area contributed by atoms with Gasteiger partial charge < -0.3 is 10.6 Å². The maximum Gasteiger partial charge on any atom is 0.288 e. The quantitative estimate of drug-likeness (QED) is 0.600. The Morgan fingerprint density at radius 1 is 1.10 bits per heavy atom. The third-order valence-electron chi connectivity index (χ3n) is 2.58. The highest BCUT2D eigenvalue weighted by atomic mass is 32.2. The molecule has 0 fully saturated rings. The number of halogens is 2. The van der Waals surface area contributed by atoms with Gasteiger partial charge in [0.05, 0.1) is 0 Å². The molecular formula is C14H18F2N2O2S. The molecule has 0 spiro atoms. The van der Waals surface area contributed by atoms with Gasteiger partial charge in [-0.2, -0.15) is 8.78 Å². The Bertz CT molecular complexity index is 478. The molecule has 116 valence electrons. The minimum Gasteiger partial charge on any atom is -0.354 e. The van der Waals surface area contributed by atoms with E-state index in [1.165, 1.54) is 24.3 Å². The van der Waals surface area contributed by atoms with Crippen LogP contribution in [0.1, 0.15) is 24.2 Å². The zero-order valence-electron chi connectivity index (χ0n) is 11.9. The number of benzene rings is 1. The average Bonchev–Trinajstić information content (AvgIpc) is 2.43. The lowest BCUT2D eigenvalue weighted by Crippen LogP contribution is -2.36. The van der Waals surface area contributed by atoms with Gasteiger partial charge >= 0.3 is 0 Å². The number of amides is 2. The van der Waals surface area contributed by atoms with E-state index in [9.17, 15) is 18.4 Å². The summed E-state index contributed by atoms with van der Waals surface area (Å²) < 4.78 is 24.3. The van der Waals surface area contributed by atoms with E-state index in [0.717, 1.165) is 0 Å². The molecule has 4 nitrogen and oxygen atoms in total. The van der Waals surface area contributed by atoms with Crippen LogP contribution in [0.3, 0.4) is 0 Å². The zero-order chi connectivity index (χ0) is 15.8. The van der Waals surface area contributed by atoms with Gasteiger partial charge in [-0.1, -0.05) is 25.6 Å². The molecule has 7 heteroatoms. The third kappa shape index (κ3) is 6.57. The Kier molecular flexibility index (Phi) is 7.14. The minimum atomic E-state index is -2.48. The summed E-state index contributed by atoms with van der Waals surface area (Å²) in [4.78, 5) is 23.5. The van der Waals surface area contributed by atoms with Crippen LogP contribution in [0.2, 0.25) is 0 Å². The monoisotopic (exact) mass is 316 g/mol. The molecule has 1 rings (SSSR count). The molecule has 2 amide bonds. The van der Waals surface area contributed by atoms with Crippen LogP contribution < -0.4 is 10.6 Å². The van der Waals surface area contributed by atoms with Crippen molar-refractivity contribution in [2.75, 3.05) is 13.1 Å². The third-order valence-corrected chi connectivity index (χ3v) is 3.30. The number of hydrogen-bond donors (Lipinski definition) is 2. The second-order valence-electron chi connectivity index (χ2n) is 4.60. The molecule has 0 saturated carbocycles. The van der Waals surface area contributed by atoms with Crippen LogP contribution in [0.5, 0.6) is 0 Å². The first-order valence-electron chi connectivity index (χ1n) is 6.51. The second kappa shape index (κ2) is 8.61. The van der Waals surface area contributed by atoms with E-state index in [0.29, 0.717) is 35.3 Å². The van der Waals surface area contributed by atoms with Crippen LogP contribution in [0.15, 0.2) is 29.2 Å². The van der Waals surface area contributed by atoms with E-state index >= 15 is 0 Å². The van der Waals surface area contributed by atoms with E-state index < -0.39 is 5.76 Å². The Labute approximate surface area is 126 Å². The minimum absolute atomic E-state index is 0.0716. The number of alkyl halides is 2. The lowest BCUT2D eigenvalue weighted by atomic mass is 10.2. The van der Waals surface area contributed by atoms with Crippen molar-refractivity contribution in [1.82, 2.24) is 10.6 Å². The van der Waals surface area contributed by atoms with Gasteiger partial charge in [0.2, 0.25) is 5.91 Å². The molecule has 0 aliphatic carbocycles. The van der Waals surface area contributed by atoms with Crippen LogP contribution in [-0.4, -0.2) is 30.7 Å². The zero-order valence-corrected chi connectivity index (χ0v) is 12.7. The van der Waals surface area contributed by atoms with Crippen LogP contribution in [0.25, 0.3) is 0 Å². The van der Waals surface area contributed by atoms with E-state index in [4.69, 9.17) is 0 Å². The smallest absolute Gasteiger partial charge is 0.288 e. The fourth-order valence-corrected chi connectivity index (χ4v) is 1.95. The molecule has 0 saturated heterocycles. The predicted molar refractivity (Wildman–Crippen MR) is 78.5 cm³/mol. The molecule has 0 unspecified atom stereocenters. The lowest BCUT2D eigenvalue weighted by Gasteiger charge is -2.09. The average molecular weight is 316 g/mol. The molecule has 2 N–H and O–H groups in total. The summed E-state index contributed by atoms with van der Waals surface area (Å²) in [5.41, 5.74) is 0.392. The molecule has 0 radical (unpaired) electrons. The molecule has 0 heterocycles. The molecule has 1 aromatic rings. The van der Waals surface area contributed by atoms with Gasteiger partial charge in [0.25, 0.3) is 11.7 Å². The Morgan fingerprint density at radius 3 is 2.19 bits per heavy atom. The van der Waals surface area contributed by atoms with E-state index in [2.05, 4.69) is 10.6 Å². The maximum atomic E-state index is 12.2. The first-order valence-corrected chi connectivity index (χ1v) is 7.39. The van der Waals surface area contributed by atoms with Crippen LogP contribution in [0.4, 0.5) is 8.78 Å².